The third-order valence-electron chi connectivity index (χ3n) is 2.71. The third-order valence-corrected chi connectivity index (χ3v) is 4.77. The van der Waals surface area contributed by atoms with Gasteiger partial charge in [-0.1, -0.05) is 19.1 Å². The zero-order valence-electron chi connectivity index (χ0n) is 12.0. The van der Waals surface area contributed by atoms with E-state index in [1.807, 2.05) is 25.1 Å². The lowest BCUT2D eigenvalue weighted by Gasteiger charge is -2.16. The number of carbonyl (C=O) groups excluding carboxylic acids is 1. The van der Waals surface area contributed by atoms with Gasteiger partial charge in [0.2, 0.25) is 0 Å². The topological polar surface area (TPSA) is 38.3 Å². The summed E-state index contributed by atoms with van der Waals surface area (Å²) in [5, 5.41) is 3.26. The van der Waals surface area contributed by atoms with E-state index in [2.05, 4.69) is 34.2 Å². The largest absolute Gasteiger partial charge is 0.465 e. The highest BCUT2D eigenvalue weighted by atomic mass is 79.9. The minimum atomic E-state index is -0.204. The van der Waals surface area contributed by atoms with E-state index < -0.39 is 0 Å². The van der Waals surface area contributed by atoms with E-state index in [0.29, 0.717) is 6.61 Å². The van der Waals surface area contributed by atoms with E-state index in [4.69, 9.17) is 4.74 Å². The van der Waals surface area contributed by atoms with Gasteiger partial charge < -0.3 is 10.1 Å². The Morgan fingerprint density at radius 2 is 2.15 bits per heavy atom. The summed E-state index contributed by atoms with van der Waals surface area (Å²) < 4.78 is 6.20. The highest BCUT2D eigenvalue weighted by molar-refractivity contribution is 9.10. The molecule has 1 aromatic carbocycles. The highest BCUT2D eigenvalue weighted by Gasteiger charge is 2.18. The Morgan fingerprint density at radius 3 is 2.80 bits per heavy atom. The standard InChI is InChI=1S/C15H22BrNO2S/c1-3-10-17-13(15(18)19-4-2)9-11-20-14-8-6-5-7-12(14)16/h5-8,13,17H,3-4,9-11H2,1-2H3. The van der Waals surface area contributed by atoms with E-state index >= 15 is 0 Å². The molecule has 0 amide bonds. The normalized spacial score (nSPS) is 12.2. The number of ether oxygens (including phenoxy) is 1. The number of benzene rings is 1. The molecule has 0 aliphatic rings. The smallest absolute Gasteiger partial charge is 0.323 e. The summed E-state index contributed by atoms with van der Waals surface area (Å²) in [7, 11) is 0. The number of hydrogen-bond donors (Lipinski definition) is 1. The van der Waals surface area contributed by atoms with E-state index in [9.17, 15) is 4.79 Å². The molecular weight excluding hydrogens is 338 g/mol. The minimum Gasteiger partial charge on any atom is -0.465 e. The van der Waals surface area contributed by atoms with Crippen LogP contribution in [0.5, 0.6) is 0 Å². The molecule has 0 radical (unpaired) electrons. The average molecular weight is 360 g/mol. The maximum atomic E-state index is 11.9. The second-order valence-electron chi connectivity index (χ2n) is 4.33. The van der Waals surface area contributed by atoms with Gasteiger partial charge in [-0.3, -0.25) is 4.79 Å². The first-order valence-corrected chi connectivity index (χ1v) is 8.74. The number of halogens is 1. The van der Waals surface area contributed by atoms with Gasteiger partial charge in [-0.25, -0.2) is 0 Å². The van der Waals surface area contributed by atoms with Crippen LogP contribution in [0.25, 0.3) is 0 Å². The molecule has 1 N–H and O–H groups in total. The molecule has 3 nitrogen and oxygen atoms in total. The van der Waals surface area contributed by atoms with Crippen LogP contribution in [0.1, 0.15) is 26.7 Å². The number of thioether (sulfide) groups is 1. The summed E-state index contributed by atoms with van der Waals surface area (Å²) in [6.07, 6.45) is 1.78. The molecule has 20 heavy (non-hydrogen) atoms. The summed E-state index contributed by atoms with van der Waals surface area (Å²) >= 11 is 5.28. The zero-order valence-corrected chi connectivity index (χ0v) is 14.4. The van der Waals surface area contributed by atoms with Crippen molar-refractivity contribution in [1.29, 1.82) is 0 Å². The van der Waals surface area contributed by atoms with Crippen LogP contribution in [0.3, 0.4) is 0 Å². The van der Waals surface area contributed by atoms with Crippen molar-refractivity contribution in [2.24, 2.45) is 0 Å². The fourth-order valence-corrected chi connectivity index (χ4v) is 3.30. The Bertz CT molecular complexity index is 415. The van der Waals surface area contributed by atoms with Gasteiger partial charge in [-0.2, -0.15) is 0 Å². The van der Waals surface area contributed by atoms with E-state index in [1.54, 1.807) is 11.8 Å². The molecular formula is C15H22BrNO2S. The fraction of sp³-hybridized carbons (Fsp3) is 0.533. The maximum absolute atomic E-state index is 11.9. The molecule has 0 heterocycles. The van der Waals surface area contributed by atoms with Gasteiger partial charge in [0.25, 0.3) is 0 Å². The number of esters is 1. The van der Waals surface area contributed by atoms with Crippen LogP contribution in [0.4, 0.5) is 0 Å². The van der Waals surface area contributed by atoms with Crippen LogP contribution < -0.4 is 5.32 Å². The molecule has 0 aliphatic carbocycles. The van der Waals surface area contributed by atoms with Crippen molar-refractivity contribution in [3.05, 3.63) is 28.7 Å². The van der Waals surface area contributed by atoms with Crippen molar-refractivity contribution in [3.63, 3.8) is 0 Å². The third kappa shape index (κ3) is 6.29. The van der Waals surface area contributed by atoms with Gasteiger partial charge in [0, 0.05) is 15.1 Å². The molecule has 5 heteroatoms. The predicted molar refractivity (Wildman–Crippen MR) is 88.2 cm³/mol. The molecule has 0 aliphatic heterocycles. The Kier molecular flexibility index (Phi) is 8.98. The SMILES string of the molecule is CCCNC(CCSc1ccccc1Br)C(=O)OCC. The summed E-state index contributed by atoms with van der Waals surface area (Å²) in [5.74, 6) is 0.733. The van der Waals surface area contributed by atoms with E-state index in [1.165, 1.54) is 4.90 Å². The summed E-state index contributed by atoms with van der Waals surface area (Å²) in [4.78, 5) is 13.1. The van der Waals surface area contributed by atoms with Crippen molar-refractivity contribution in [2.75, 3.05) is 18.9 Å². The maximum Gasteiger partial charge on any atom is 0.323 e. The minimum absolute atomic E-state index is 0.145. The quantitative estimate of drug-likeness (QED) is 0.536. The Morgan fingerprint density at radius 1 is 1.40 bits per heavy atom. The zero-order chi connectivity index (χ0) is 14.8. The van der Waals surface area contributed by atoms with Crippen LogP contribution in [0.15, 0.2) is 33.6 Å². The lowest BCUT2D eigenvalue weighted by atomic mass is 10.2. The molecule has 0 spiro atoms. The second kappa shape index (κ2) is 10.2. The Labute approximate surface area is 134 Å². The van der Waals surface area contributed by atoms with Gasteiger partial charge in [0.15, 0.2) is 0 Å². The van der Waals surface area contributed by atoms with E-state index in [0.717, 1.165) is 29.6 Å². The van der Waals surface area contributed by atoms with Crippen LogP contribution in [0.2, 0.25) is 0 Å². The van der Waals surface area contributed by atoms with Gasteiger partial charge in [-0.15, -0.1) is 11.8 Å². The first-order chi connectivity index (χ1) is 9.69. The Hall–Kier alpha value is -0.520. The predicted octanol–water partition coefficient (Wildman–Crippen LogP) is 3.86. The van der Waals surface area contributed by atoms with Crippen molar-refractivity contribution >= 4 is 33.7 Å². The summed E-state index contributed by atoms with van der Waals surface area (Å²) in [6, 6.07) is 7.92. The molecule has 1 atom stereocenters. The first-order valence-electron chi connectivity index (χ1n) is 6.96. The van der Waals surface area contributed by atoms with Crippen LogP contribution in [0, 0.1) is 0 Å². The fourth-order valence-electron chi connectivity index (χ4n) is 1.71. The molecule has 112 valence electrons. The van der Waals surface area contributed by atoms with Gasteiger partial charge in [0.05, 0.1) is 6.61 Å². The van der Waals surface area contributed by atoms with Crippen LogP contribution >= 0.6 is 27.7 Å². The monoisotopic (exact) mass is 359 g/mol. The van der Waals surface area contributed by atoms with E-state index in [-0.39, 0.29) is 12.0 Å². The lowest BCUT2D eigenvalue weighted by molar-refractivity contribution is -0.145. The number of nitrogens with one attached hydrogen (secondary N) is 1. The molecule has 0 bridgehead atoms. The molecule has 0 fully saturated rings. The molecule has 0 saturated heterocycles. The van der Waals surface area contributed by atoms with Crippen molar-refractivity contribution in [3.8, 4) is 0 Å². The van der Waals surface area contributed by atoms with Crippen molar-refractivity contribution in [2.45, 2.75) is 37.6 Å². The molecule has 1 unspecified atom stereocenters. The first kappa shape index (κ1) is 17.5. The molecule has 1 aromatic rings. The second-order valence-corrected chi connectivity index (χ2v) is 6.32. The average Bonchev–Trinajstić information content (AvgIpc) is 2.44. The molecule has 0 aromatic heterocycles. The number of carbonyl (C=O) groups is 1. The summed E-state index contributed by atoms with van der Waals surface area (Å²) in [5.41, 5.74) is 0. The van der Waals surface area contributed by atoms with Crippen LogP contribution in [-0.2, 0) is 9.53 Å². The van der Waals surface area contributed by atoms with Crippen molar-refractivity contribution in [1.82, 2.24) is 5.32 Å². The van der Waals surface area contributed by atoms with Crippen LogP contribution in [-0.4, -0.2) is 30.9 Å². The van der Waals surface area contributed by atoms with Gasteiger partial charge >= 0.3 is 5.97 Å². The van der Waals surface area contributed by atoms with Gasteiger partial charge in [0.1, 0.15) is 6.04 Å². The van der Waals surface area contributed by atoms with Gasteiger partial charge in [-0.05, 0) is 54.4 Å². The summed E-state index contributed by atoms with van der Waals surface area (Å²) in [6.45, 7) is 5.19. The molecule has 0 saturated carbocycles. The number of rotatable bonds is 9. The Balaban J connectivity index is 2.45. The lowest BCUT2D eigenvalue weighted by Crippen LogP contribution is -2.39. The number of hydrogen-bond acceptors (Lipinski definition) is 4. The molecule has 1 rings (SSSR count). The highest BCUT2D eigenvalue weighted by Crippen LogP contribution is 2.27. The van der Waals surface area contributed by atoms with Crippen molar-refractivity contribution < 1.29 is 9.53 Å².